The van der Waals surface area contributed by atoms with E-state index in [1.165, 1.54) is 17.4 Å². The normalized spacial score (nSPS) is 12.8. The number of thiophene rings is 1. The average molecular weight is 189 g/mol. The van der Waals surface area contributed by atoms with E-state index in [1.54, 1.807) is 5.38 Å². The fourth-order valence-corrected chi connectivity index (χ4v) is 1.57. The van der Waals surface area contributed by atoms with Crippen LogP contribution in [0.3, 0.4) is 0 Å². The Kier molecular flexibility index (Phi) is 2.78. The van der Waals surface area contributed by atoms with Crippen molar-refractivity contribution in [3.8, 4) is 0 Å². The van der Waals surface area contributed by atoms with Gasteiger partial charge in [-0.3, -0.25) is 4.79 Å². The Morgan fingerprint density at radius 2 is 2.50 bits per heavy atom. The van der Waals surface area contributed by atoms with Gasteiger partial charge in [-0.1, -0.05) is 0 Å². The molecule has 1 aromatic heterocycles. The zero-order valence-corrected chi connectivity index (χ0v) is 6.97. The number of aliphatic carboxylic acids is 1. The Hall–Kier alpha value is -0.940. The molecule has 3 N–H and O–H groups in total. The van der Waals surface area contributed by atoms with Gasteiger partial charge in [0.2, 0.25) is 0 Å². The molecule has 1 atom stereocenters. The molecule has 0 fully saturated rings. The number of hydrogen-bond acceptors (Lipinski definition) is 3. The van der Waals surface area contributed by atoms with Crippen molar-refractivity contribution in [1.29, 1.82) is 0 Å². The second kappa shape index (κ2) is 3.64. The molecule has 0 saturated carbocycles. The SMILES string of the molecule is NC(Cc1sccc1F)C(=O)O. The van der Waals surface area contributed by atoms with Gasteiger partial charge in [0.05, 0.1) is 0 Å². The van der Waals surface area contributed by atoms with Gasteiger partial charge in [-0.15, -0.1) is 11.3 Å². The molecule has 0 aliphatic rings. The Bertz CT molecular complexity index is 287. The van der Waals surface area contributed by atoms with Crippen molar-refractivity contribution in [3.05, 3.63) is 22.1 Å². The lowest BCUT2D eigenvalue weighted by atomic mass is 10.2. The number of nitrogens with two attached hydrogens (primary N) is 1. The number of carbonyl (C=O) groups is 1. The average Bonchev–Trinajstić information content (AvgIpc) is 2.36. The van der Waals surface area contributed by atoms with Crippen molar-refractivity contribution in [2.45, 2.75) is 12.5 Å². The number of carboxylic acid groups (broad SMARTS) is 1. The van der Waals surface area contributed by atoms with E-state index in [2.05, 4.69) is 0 Å². The zero-order valence-electron chi connectivity index (χ0n) is 6.16. The van der Waals surface area contributed by atoms with Gasteiger partial charge in [0, 0.05) is 11.3 Å². The number of carboxylic acids is 1. The van der Waals surface area contributed by atoms with Crippen molar-refractivity contribution in [2.75, 3.05) is 0 Å². The van der Waals surface area contributed by atoms with E-state index in [1.807, 2.05) is 0 Å². The Balaban J connectivity index is 2.64. The predicted molar refractivity (Wildman–Crippen MR) is 43.6 cm³/mol. The van der Waals surface area contributed by atoms with Gasteiger partial charge in [0.25, 0.3) is 0 Å². The first-order chi connectivity index (χ1) is 5.61. The standard InChI is InChI=1S/C7H8FNO2S/c8-4-1-2-12-6(4)3-5(9)7(10)11/h1-2,5H,3,9H2,(H,10,11). The van der Waals surface area contributed by atoms with Gasteiger partial charge in [-0.05, 0) is 11.4 Å². The fraction of sp³-hybridized carbons (Fsp3) is 0.286. The van der Waals surface area contributed by atoms with Crippen LogP contribution < -0.4 is 5.73 Å². The minimum Gasteiger partial charge on any atom is -0.480 e. The molecule has 3 nitrogen and oxygen atoms in total. The van der Waals surface area contributed by atoms with Gasteiger partial charge in [0.1, 0.15) is 11.9 Å². The summed E-state index contributed by atoms with van der Waals surface area (Å²) in [6.45, 7) is 0. The smallest absolute Gasteiger partial charge is 0.320 e. The molecular formula is C7H8FNO2S. The summed E-state index contributed by atoms with van der Waals surface area (Å²) in [4.78, 5) is 10.7. The molecule has 0 aliphatic carbocycles. The maximum Gasteiger partial charge on any atom is 0.320 e. The van der Waals surface area contributed by atoms with Gasteiger partial charge in [-0.25, -0.2) is 4.39 Å². The molecule has 0 aliphatic heterocycles. The summed E-state index contributed by atoms with van der Waals surface area (Å²) in [5.41, 5.74) is 5.22. The van der Waals surface area contributed by atoms with Crippen LogP contribution in [0.2, 0.25) is 0 Å². The quantitative estimate of drug-likeness (QED) is 0.740. The van der Waals surface area contributed by atoms with Gasteiger partial charge in [-0.2, -0.15) is 0 Å². The molecule has 0 radical (unpaired) electrons. The van der Waals surface area contributed by atoms with E-state index in [0.717, 1.165) is 0 Å². The summed E-state index contributed by atoms with van der Waals surface area (Å²) in [7, 11) is 0. The van der Waals surface area contributed by atoms with Gasteiger partial charge in [0.15, 0.2) is 0 Å². The fourth-order valence-electron chi connectivity index (χ4n) is 0.758. The van der Waals surface area contributed by atoms with Crippen molar-refractivity contribution < 1.29 is 14.3 Å². The molecular weight excluding hydrogens is 181 g/mol. The van der Waals surface area contributed by atoms with E-state index in [0.29, 0.717) is 4.88 Å². The predicted octanol–water partition coefficient (Wildman–Crippen LogP) is 0.842. The second-order valence-corrected chi connectivity index (χ2v) is 3.34. The van der Waals surface area contributed by atoms with Crippen LogP contribution in [0.4, 0.5) is 4.39 Å². The van der Waals surface area contributed by atoms with E-state index in [9.17, 15) is 9.18 Å². The summed E-state index contributed by atoms with van der Waals surface area (Å²) in [5.74, 6) is -1.49. The molecule has 66 valence electrons. The van der Waals surface area contributed by atoms with Crippen LogP contribution in [0, 0.1) is 5.82 Å². The lowest BCUT2D eigenvalue weighted by Crippen LogP contribution is -2.32. The molecule has 12 heavy (non-hydrogen) atoms. The van der Waals surface area contributed by atoms with Crippen molar-refractivity contribution in [2.24, 2.45) is 5.73 Å². The van der Waals surface area contributed by atoms with Crippen LogP contribution >= 0.6 is 11.3 Å². The first-order valence-corrected chi connectivity index (χ1v) is 4.19. The molecule has 1 heterocycles. The second-order valence-electron chi connectivity index (χ2n) is 2.34. The molecule has 0 amide bonds. The molecule has 1 unspecified atom stereocenters. The van der Waals surface area contributed by atoms with Crippen LogP contribution in [0.5, 0.6) is 0 Å². The summed E-state index contributed by atoms with van der Waals surface area (Å²) in [6, 6.07) is 0.285. The topological polar surface area (TPSA) is 63.3 Å². The molecule has 1 rings (SSSR count). The first-order valence-electron chi connectivity index (χ1n) is 3.31. The van der Waals surface area contributed by atoms with Crippen molar-refractivity contribution >= 4 is 17.3 Å². The molecule has 0 aromatic carbocycles. The van der Waals surface area contributed by atoms with E-state index in [4.69, 9.17) is 10.8 Å². The Morgan fingerprint density at radius 3 is 2.92 bits per heavy atom. The highest BCUT2D eigenvalue weighted by atomic mass is 32.1. The lowest BCUT2D eigenvalue weighted by molar-refractivity contribution is -0.138. The highest BCUT2D eigenvalue weighted by Crippen LogP contribution is 2.16. The summed E-state index contributed by atoms with van der Waals surface area (Å²) in [6.07, 6.45) is 0.0544. The summed E-state index contributed by atoms with van der Waals surface area (Å²) in [5, 5.41) is 10.00. The highest BCUT2D eigenvalue weighted by molar-refractivity contribution is 7.09. The third-order valence-corrected chi connectivity index (χ3v) is 2.33. The van der Waals surface area contributed by atoms with Crippen LogP contribution in [0.1, 0.15) is 4.88 Å². The van der Waals surface area contributed by atoms with Gasteiger partial charge >= 0.3 is 5.97 Å². The van der Waals surface area contributed by atoms with Crippen LogP contribution in [0.25, 0.3) is 0 Å². The summed E-state index contributed by atoms with van der Waals surface area (Å²) < 4.78 is 12.7. The number of hydrogen-bond donors (Lipinski definition) is 2. The number of halogens is 1. The van der Waals surface area contributed by atoms with Crippen LogP contribution in [-0.2, 0) is 11.2 Å². The maximum absolute atomic E-state index is 12.7. The van der Waals surface area contributed by atoms with Crippen LogP contribution in [0.15, 0.2) is 11.4 Å². The van der Waals surface area contributed by atoms with E-state index in [-0.39, 0.29) is 12.2 Å². The molecule has 1 aromatic rings. The van der Waals surface area contributed by atoms with Crippen molar-refractivity contribution in [1.82, 2.24) is 0 Å². The third-order valence-electron chi connectivity index (χ3n) is 1.41. The maximum atomic E-state index is 12.7. The lowest BCUT2D eigenvalue weighted by Gasteiger charge is -2.02. The summed E-state index contributed by atoms with van der Waals surface area (Å²) >= 11 is 1.18. The monoisotopic (exact) mass is 189 g/mol. The van der Waals surface area contributed by atoms with Gasteiger partial charge < -0.3 is 10.8 Å². The molecule has 0 bridgehead atoms. The van der Waals surface area contributed by atoms with E-state index < -0.39 is 12.0 Å². The number of rotatable bonds is 3. The van der Waals surface area contributed by atoms with E-state index >= 15 is 0 Å². The largest absolute Gasteiger partial charge is 0.480 e. The minimum atomic E-state index is -1.11. The zero-order chi connectivity index (χ0) is 9.14. The third kappa shape index (κ3) is 2.02. The Morgan fingerprint density at radius 1 is 1.83 bits per heavy atom. The van der Waals surface area contributed by atoms with Crippen molar-refractivity contribution in [3.63, 3.8) is 0 Å². The first kappa shape index (κ1) is 9.15. The van der Waals surface area contributed by atoms with Crippen LogP contribution in [-0.4, -0.2) is 17.1 Å². The minimum absolute atomic E-state index is 0.0544. The molecule has 0 saturated heterocycles. The molecule has 5 heteroatoms. The molecule has 0 spiro atoms. The Labute approximate surface area is 72.6 Å². The highest BCUT2D eigenvalue weighted by Gasteiger charge is 2.15.